The Labute approximate surface area is 152 Å². The molecule has 0 aliphatic carbocycles. The second-order valence-corrected chi connectivity index (χ2v) is 8.16. The van der Waals surface area contributed by atoms with Crippen LogP contribution in [0, 0.1) is 13.8 Å². The Bertz CT molecular complexity index is 1150. The zero-order valence-corrected chi connectivity index (χ0v) is 15.2. The van der Waals surface area contributed by atoms with Crippen LogP contribution < -0.4 is 4.31 Å². The molecule has 1 heterocycles. The number of carbonyl (C=O) groups is 1. The van der Waals surface area contributed by atoms with E-state index in [1.54, 1.807) is 55.5 Å². The Morgan fingerprint density at radius 1 is 0.846 bits per heavy atom. The molecule has 1 aliphatic rings. The maximum absolute atomic E-state index is 13.3. The summed E-state index contributed by atoms with van der Waals surface area (Å²) in [6, 6.07) is 19.3. The molecule has 0 unspecified atom stereocenters. The van der Waals surface area contributed by atoms with E-state index < -0.39 is 15.9 Å². The van der Waals surface area contributed by atoms with E-state index in [2.05, 4.69) is 0 Å². The maximum atomic E-state index is 13.3. The van der Waals surface area contributed by atoms with E-state index in [4.69, 9.17) is 0 Å². The van der Waals surface area contributed by atoms with Crippen LogP contribution in [0.4, 0.5) is 5.69 Å². The molecule has 0 saturated carbocycles. The number of benzene rings is 3. The van der Waals surface area contributed by atoms with Gasteiger partial charge in [0.1, 0.15) is 0 Å². The molecule has 0 fully saturated rings. The monoisotopic (exact) mass is 363 g/mol. The molecule has 0 N–H and O–H groups in total. The van der Waals surface area contributed by atoms with Gasteiger partial charge >= 0.3 is 0 Å². The minimum atomic E-state index is -3.99. The number of aryl methyl sites for hydroxylation is 2. The highest BCUT2D eigenvalue weighted by Crippen LogP contribution is 2.44. The number of sulfonamides is 1. The SMILES string of the molecule is Cc1ccc2c(c1)-c1ccccc1S(=O)(=O)N2C(=O)c1ccccc1C. The third-order valence-corrected chi connectivity index (χ3v) is 6.38. The van der Waals surface area contributed by atoms with Crippen molar-refractivity contribution >= 4 is 21.6 Å². The van der Waals surface area contributed by atoms with Crippen LogP contribution in [-0.4, -0.2) is 14.3 Å². The van der Waals surface area contributed by atoms with Gasteiger partial charge in [-0.3, -0.25) is 4.79 Å². The molecule has 3 aromatic rings. The van der Waals surface area contributed by atoms with Gasteiger partial charge in [-0.15, -0.1) is 0 Å². The Morgan fingerprint density at radius 3 is 2.31 bits per heavy atom. The lowest BCUT2D eigenvalue weighted by Gasteiger charge is -2.31. The van der Waals surface area contributed by atoms with E-state index in [0.29, 0.717) is 16.8 Å². The topological polar surface area (TPSA) is 54.5 Å². The number of hydrogen-bond acceptors (Lipinski definition) is 3. The fraction of sp³-hybridized carbons (Fsp3) is 0.0952. The zero-order chi connectivity index (χ0) is 18.5. The van der Waals surface area contributed by atoms with Gasteiger partial charge < -0.3 is 0 Å². The van der Waals surface area contributed by atoms with Crippen LogP contribution in [0.15, 0.2) is 71.6 Å². The molecule has 0 aromatic heterocycles. The fourth-order valence-electron chi connectivity index (χ4n) is 3.33. The number of fused-ring (bicyclic) bond motifs is 3. The molecule has 4 rings (SSSR count). The number of rotatable bonds is 1. The van der Waals surface area contributed by atoms with E-state index in [9.17, 15) is 13.2 Å². The lowest BCUT2D eigenvalue weighted by molar-refractivity contribution is 0.100. The van der Waals surface area contributed by atoms with Gasteiger partial charge in [0.2, 0.25) is 0 Å². The molecular formula is C21H17NO3S. The standard InChI is InChI=1S/C21H17NO3S/c1-14-11-12-19-18(13-14)17-9-5-6-10-20(17)26(24,25)22(19)21(23)16-8-4-3-7-15(16)2/h3-13H,1-2H3. The van der Waals surface area contributed by atoms with Gasteiger partial charge in [0.25, 0.3) is 15.9 Å². The van der Waals surface area contributed by atoms with E-state index in [1.807, 2.05) is 25.1 Å². The highest BCUT2D eigenvalue weighted by Gasteiger charge is 2.39. The molecule has 0 spiro atoms. The maximum Gasteiger partial charge on any atom is 0.272 e. The molecule has 0 saturated heterocycles. The van der Waals surface area contributed by atoms with Crippen molar-refractivity contribution in [1.82, 2.24) is 0 Å². The Morgan fingerprint density at radius 2 is 1.54 bits per heavy atom. The first-order chi connectivity index (χ1) is 12.4. The summed E-state index contributed by atoms with van der Waals surface area (Å²) >= 11 is 0. The predicted molar refractivity (Wildman–Crippen MR) is 102 cm³/mol. The fourth-order valence-corrected chi connectivity index (χ4v) is 4.96. The smallest absolute Gasteiger partial charge is 0.268 e. The van der Waals surface area contributed by atoms with Crippen LogP contribution in [0.5, 0.6) is 0 Å². The van der Waals surface area contributed by atoms with Crippen LogP contribution >= 0.6 is 0 Å². The molecule has 4 nitrogen and oxygen atoms in total. The molecule has 0 radical (unpaired) electrons. The van der Waals surface area contributed by atoms with Crippen molar-refractivity contribution in [2.45, 2.75) is 18.7 Å². The first-order valence-corrected chi connectivity index (χ1v) is 9.70. The molecule has 0 bridgehead atoms. The van der Waals surface area contributed by atoms with Crippen molar-refractivity contribution in [2.24, 2.45) is 0 Å². The number of hydrogen-bond donors (Lipinski definition) is 0. The summed E-state index contributed by atoms with van der Waals surface area (Å²) in [5.74, 6) is -0.539. The minimum absolute atomic E-state index is 0.153. The number of carbonyl (C=O) groups excluding carboxylic acids is 1. The second-order valence-electron chi connectivity index (χ2n) is 6.41. The van der Waals surface area contributed by atoms with Crippen molar-refractivity contribution < 1.29 is 13.2 Å². The van der Waals surface area contributed by atoms with Crippen LogP contribution in [0.25, 0.3) is 11.1 Å². The van der Waals surface area contributed by atoms with Gasteiger partial charge in [0.05, 0.1) is 10.6 Å². The number of nitrogens with zero attached hydrogens (tertiary/aromatic N) is 1. The quantitative estimate of drug-likeness (QED) is 0.647. The molecule has 5 heteroatoms. The van der Waals surface area contributed by atoms with Crippen LogP contribution in [0.2, 0.25) is 0 Å². The first kappa shape index (κ1) is 16.5. The van der Waals surface area contributed by atoms with Crippen molar-refractivity contribution in [1.29, 1.82) is 0 Å². The predicted octanol–water partition coefficient (Wildman–Crippen LogP) is 4.32. The van der Waals surface area contributed by atoms with Crippen molar-refractivity contribution in [3.05, 3.63) is 83.4 Å². The molecule has 130 valence electrons. The highest BCUT2D eigenvalue weighted by molar-refractivity contribution is 7.93. The molecule has 1 amide bonds. The summed E-state index contributed by atoms with van der Waals surface area (Å²) in [6.45, 7) is 3.74. The van der Waals surface area contributed by atoms with Crippen LogP contribution in [0.3, 0.4) is 0 Å². The van der Waals surface area contributed by atoms with Crippen molar-refractivity contribution in [3.8, 4) is 11.1 Å². The lowest BCUT2D eigenvalue weighted by Crippen LogP contribution is -2.39. The summed E-state index contributed by atoms with van der Waals surface area (Å²) in [6.07, 6.45) is 0. The molecule has 0 atom stereocenters. The number of anilines is 1. The van der Waals surface area contributed by atoms with Gasteiger partial charge in [-0.05, 0) is 43.7 Å². The highest BCUT2D eigenvalue weighted by atomic mass is 32.2. The minimum Gasteiger partial charge on any atom is -0.268 e. The Kier molecular flexibility index (Phi) is 3.70. The third-order valence-electron chi connectivity index (χ3n) is 4.63. The van der Waals surface area contributed by atoms with E-state index in [1.165, 1.54) is 0 Å². The molecule has 26 heavy (non-hydrogen) atoms. The largest absolute Gasteiger partial charge is 0.272 e. The molecule has 1 aliphatic heterocycles. The normalized spacial score (nSPS) is 14.5. The van der Waals surface area contributed by atoms with Crippen LogP contribution in [-0.2, 0) is 10.0 Å². The summed E-state index contributed by atoms with van der Waals surface area (Å²) in [5.41, 5.74) is 3.88. The number of amides is 1. The van der Waals surface area contributed by atoms with Gasteiger partial charge in [-0.2, -0.15) is 4.31 Å². The molecule has 3 aromatic carbocycles. The van der Waals surface area contributed by atoms with Gasteiger partial charge in [-0.25, -0.2) is 8.42 Å². The molecular weight excluding hydrogens is 346 g/mol. The van der Waals surface area contributed by atoms with Crippen LogP contribution in [0.1, 0.15) is 21.5 Å². The van der Waals surface area contributed by atoms with Crippen molar-refractivity contribution in [2.75, 3.05) is 4.31 Å². The van der Waals surface area contributed by atoms with Crippen molar-refractivity contribution in [3.63, 3.8) is 0 Å². The van der Waals surface area contributed by atoms with Gasteiger partial charge in [-0.1, -0.05) is 48.0 Å². The zero-order valence-electron chi connectivity index (χ0n) is 14.4. The van der Waals surface area contributed by atoms with E-state index in [-0.39, 0.29) is 4.90 Å². The second kappa shape index (κ2) is 5.81. The van der Waals surface area contributed by atoms with Gasteiger partial charge in [0.15, 0.2) is 0 Å². The summed E-state index contributed by atoms with van der Waals surface area (Å²) in [5, 5.41) is 0. The summed E-state index contributed by atoms with van der Waals surface area (Å²) in [7, 11) is -3.99. The average Bonchev–Trinajstić information content (AvgIpc) is 2.62. The first-order valence-electron chi connectivity index (χ1n) is 8.26. The lowest BCUT2D eigenvalue weighted by atomic mass is 10.00. The summed E-state index contributed by atoms with van der Waals surface area (Å²) < 4.78 is 27.5. The Hall–Kier alpha value is -2.92. The average molecular weight is 363 g/mol. The van der Waals surface area contributed by atoms with E-state index >= 15 is 0 Å². The summed E-state index contributed by atoms with van der Waals surface area (Å²) in [4.78, 5) is 13.4. The third kappa shape index (κ3) is 2.35. The Balaban J connectivity index is 2.02. The van der Waals surface area contributed by atoms with Gasteiger partial charge in [0, 0.05) is 16.7 Å². The van der Waals surface area contributed by atoms with E-state index in [0.717, 1.165) is 21.0 Å².